The number of nitrogens with zero attached hydrogens (tertiary/aromatic N) is 1. The van der Waals surface area contributed by atoms with E-state index in [1.54, 1.807) is 4.90 Å². The van der Waals surface area contributed by atoms with Crippen LogP contribution in [-0.4, -0.2) is 43.2 Å². The zero-order valence-corrected chi connectivity index (χ0v) is 14.8. The molecule has 1 amide bonds. The second-order valence-electron chi connectivity index (χ2n) is 6.44. The molecule has 1 saturated heterocycles. The van der Waals surface area contributed by atoms with Crippen LogP contribution in [0.2, 0.25) is 0 Å². The fourth-order valence-corrected chi connectivity index (χ4v) is 2.81. The Morgan fingerprint density at radius 2 is 1.81 bits per heavy atom. The van der Waals surface area contributed by atoms with Crippen LogP contribution in [0, 0.1) is 6.92 Å². The van der Waals surface area contributed by atoms with Crippen LogP contribution in [0.4, 0.5) is 13.2 Å². The van der Waals surface area contributed by atoms with Crippen LogP contribution in [-0.2, 0) is 10.9 Å². The number of morpholine rings is 1. The molecular formula is C20H20F3NO3. The lowest BCUT2D eigenvalue weighted by atomic mass is 10.1. The van der Waals surface area contributed by atoms with E-state index in [1.165, 1.54) is 12.1 Å². The lowest BCUT2D eigenvalue weighted by Crippen LogP contribution is -2.47. The minimum Gasteiger partial charge on any atom is -0.491 e. The maximum atomic E-state index is 12.6. The van der Waals surface area contributed by atoms with Crippen LogP contribution >= 0.6 is 0 Å². The Labute approximate surface area is 155 Å². The first-order chi connectivity index (χ1) is 12.8. The number of carbonyl (C=O) groups excluding carboxylic acids is 1. The number of amides is 1. The van der Waals surface area contributed by atoms with Gasteiger partial charge >= 0.3 is 6.18 Å². The van der Waals surface area contributed by atoms with Gasteiger partial charge in [-0.05, 0) is 43.3 Å². The van der Waals surface area contributed by atoms with Gasteiger partial charge in [-0.1, -0.05) is 17.7 Å². The Balaban J connectivity index is 1.58. The van der Waals surface area contributed by atoms with Gasteiger partial charge in [-0.25, -0.2) is 0 Å². The van der Waals surface area contributed by atoms with Gasteiger partial charge in [-0.3, -0.25) is 4.79 Å². The van der Waals surface area contributed by atoms with Crippen molar-refractivity contribution >= 4 is 5.91 Å². The molecule has 0 aliphatic carbocycles. The molecule has 1 atom stereocenters. The Morgan fingerprint density at radius 3 is 2.44 bits per heavy atom. The van der Waals surface area contributed by atoms with Crippen LogP contribution in [0.5, 0.6) is 5.75 Å². The lowest BCUT2D eigenvalue weighted by molar-refractivity contribution is -0.137. The summed E-state index contributed by atoms with van der Waals surface area (Å²) in [6.07, 6.45) is -4.71. The van der Waals surface area contributed by atoms with Gasteiger partial charge < -0.3 is 14.4 Å². The molecule has 0 saturated carbocycles. The normalized spacial score (nSPS) is 17.6. The first kappa shape index (κ1) is 19.2. The molecule has 0 aromatic heterocycles. The Morgan fingerprint density at radius 1 is 1.15 bits per heavy atom. The monoisotopic (exact) mass is 379 g/mol. The number of aryl methyl sites for hydroxylation is 1. The smallest absolute Gasteiger partial charge is 0.416 e. The summed E-state index contributed by atoms with van der Waals surface area (Å²) in [5, 5.41) is 0. The highest BCUT2D eigenvalue weighted by atomic mass is 19.4. The summed E-state index contributed by atoms with van der Waals surface area (Å²) in [4.78, 5) is 14.1. The van der Waals surface area contributed by atoms with Crippen LogP contribution < -0.4 is 4.74 Å². The zero-order chi connectivity index (χ0) is 19.4. The molecule has 0 unspecified atom stereocenters. The Hall–Kier alpha value is -2.54. The van der Waals surface area contributed by atoms with Gasteiger partial charge in [0.25, 0.3) is 5.91 Å². The first-order valence-electron chi connectivity index (χ1n) is 8.60. The topological polar surface area (TPSA) is 38.8 Å². The van der Waals surface area contributed by atoms with Crippen LogP contribution in [0.3, 0.4) is 0 Å². The van der Waals surface area contributed by atoms with E-state index in [4.69, 9.17) is 9.47 Å². The lowest BCUT2D eigenvalue weighted by Gasteiger charge is -2.33. The zero-order valence-electron chi connectivity index (χ0n) is 14.8. The largest absolute Gasteiger partial charge is 0.491 e. The molecule has 0 N–H and O–H groups in total. The van der Waals surface area contributed by atoms with Crippen molar-refractivity contribution in [2.75, 3.05) is 26.3 Å². The van der Waals surface area contributed by atoms with Crippen LogP contribution in [0.25, 0.3) is 0 Å². The van der Waals surface area contributed by atoms with E-state index in [1.807, 2.05) is 31.2 Å². The van der Waals surface area contributed by atoms with E-state index in [2.05, 4.69) is 0 Å². The fourth-order valence-electron chi connectivity index (χ4n) is 2.81. The number of hydrogen-bond donors (Lipinski definition) is 0. The predicted molar refractivity (Wildman–Crippen MR) is 93.8 cm³/mol. The summed E-state index contributed by atoms with van der Waals surface area (Å²) in [5.41, 5.74) is 0.582. The van der Waals surface area contributed by atoms with Gasteiger partial charge in [0.15, 0.2) is 0 Å². The molecule has 0 radical (unpaired) electrons. The summed E-state index contributed by atoms with van der Waals surface area (Å²) in [6.45, 7) is 3.35. The molecule has 4 nitrogen and oxygen atoms in total. The molecule has 1 aliphatic rings. The summed E-state index contributed by atoms with van der Waals surface area (Å²) >= 11 is 0. The quantitative estimate of drug-likeness (QED) is 0.808. The maximum absolute atomic E-state index is 12.6. The number of ether oxygens (including phenoxy) is 2. The fraction of sp³-hybridized carbons (Fsp3) is 0.350. The summed E-state index contributed by atoms with van der Waals surface area (Å²) < 4.78 is 49.3. The highest BCUT2D eigenvalue weighted by Crippen LogP contribution is 2.29. The van der Waals surface area contributed by atoms with Gasteiger partial charge in [-0.15, -0.1) is 0 Å². The van der Waals surface area contributed by atoms with E-state index in [9.17, 15) is 18.0 Å². The van der Waals surface area contributed by atoms with Gasteiger partial charge in [-0.2, -0.15) is 13.2 Å². The average Bonchev–Trinajstić information content (AvgIpc) is 2.67. The van der Waals surface area contributed by atoms with Gasteiger partial charge in [0, 0.05) is 12.1 Å². The minimum absolute atomic E-state index is 0.225. The van der Waals surface area contributed by atoms with Gasteiger partial charge in [0.05, 0.1) is 18.7 Å². The summed E-state index contributed by atoms with van der Waals surface area (Å²) in [6, 6.07) is 11.9. The second kappa shape index (κ2) is 8.00. The molecular weight excluding hydrogens is 359 g/mol. The Bertz CT molecular complexity index is 773. The molecule has 1 aliphatic heterocycles. The van der Waals surface area contributed by atoms with Gasteiger partial charge in [0.2, 0.25) is 0 Å². The van der Waals surface area contributed by atoms with E-state index in [-0.39, 0.29) is 17.6 Å². The number of carbonyl (C=O) groups is 1. The van der Waals surface area contributed by atoms with E-state index in [0.717, 1.165) is 23.4 Å². The standard InChI is InChI=1S/C20H20F3NO3/c1-14-2-8-17(9-3-14)27-13-18-12-24(10-11-26-18)19(25)15-4-6-16(7-5-15)20(21,22)23/h2-9,18H,10-13H2,1H3/t18-/m0/s1. The molecule has 2 aromatic carbocycles. The number of halogens is 3. The maximum Gasteiger partial charge on any atom is 0.416 e. The van der Waals surface area contributed by atoms with Crippen molar-refractivity contribution in [3.8, 4) is 5.75 Å². The summed E-state index contributed by atoms with van der Waals surface area (Å²) in [5.74, 6) is 0.405. The molecule has 1 heterocycles. The number of hydrogen-bond acceptors (Lipinski definition) is 3. The highest BCUT2D eigenvalue weighted by molar-refractivity contribution is 5.94. The van der Waals surface area contributed by atoms with Crippen molar-refractivity contribution in [2.45, 2.75) is 19.2 Å². The van der Waals surface area contributed by atoms with Crippen molar-refractivity contribution in [1.82, 2.24) is 4.90 Å². The van der Waals surface area contributed by atoms with E-state index >= 15 is 0 Å². The van der Waals surface area contributed by atoms with Crippen molar-refractivity contribution in [1.29, 1.82) is 0 Å². The first-order valence-corrected chi connectivity index (χ1v) is 8.60. The number of rotatable bonds is 4. The third kappa shape index (κ3) is 5.01. The third-order valence-electron chi connectivity index (χ3n) is 4.34. The second-order valence-corrected chi connectivity index (χ2v) is 6.44. The Kier molecular flexibility index (Phi) is 5.70. The molecule has 144 valence electrons. The molecule has 2 aromatic rings. The van der Waals surface area contributed by atoms with Crippen LogP contribution in [0.1, 0.15) is 21.5 Å². The average molecular weight is 379 g/mol. The van der Waals surface area contributed by atoms with E-state index < -0.39 is 11.7 Å². The van der Waals surface area contributed by atoms with Crippen molar-refractivity contribution in [3.05, 3.63) is 65.2 Å². The SMILES string of the molecule is Cc1ccc(OC[C@@H]2CN(C(=O)c3ccc(C(F)(F)F)cc3)CCO2)cc1. The van der Waals surface area contributed by atoms with Crippen molar-refractivity contribution in [3.63, 3.8) is 0 Å². The summed E-state index contributed by atoms with van der Waals surface area (Å²) in [7, 11) is 0. The van der Waals surface area contributed by atoms with Gasteiger partial charge in [0.1, 0.15) is 18.5 Å². The third-order valence-corrected chi connectivity index (χ3v) is 4.34. The molecule has 1 fully saturated rings. The molecule has 0 bridgehead atoms. The predicted octanol–water partition coefficient (Wildman–Crippen LogP) is 3.93. The molecule has 27 heavy (non-hydrogen) atoms. The van der Waals surface area contributed by atoms with Crippen molar-refractivity contribution < 1.29 is 27.4 Å². The molecule has 7 heteroatoms. The van der Waals surface area contributed by atoms with Crippen LogP contribution in [0.15, 0.2) is 48.5 Å². The van der Waals surface area contributed by atoms with Crippen molar-refractivity contribution in [2.24, 2.45) is 0 Å². The highest BCUT2D eigenvalue weighted by Gasteiger charge is 2.31. The molecule has 3 rings (SSSR count). The minimum atomic E-state index is -4.42. The van der Waals surface area contributed by atoms with E-state index in [0.29, 0.717) is 26.3 Å². The molecule has 0 spiro atoms. The number of alkyl halides is 3. The number of benzene rings is 2.